The molecule has 1 aromatic carbocycles. The first-order valence-corrected chi connectivity index (χ1v) is 9.06. The fraction of sp³-hybridized carbons (Fsp3) is 0.467. The molecule has 22 heavy (non-hydrogen) atoms. The van der Waals surface area contributed by atoms with Crippen LogP contribution in [-0.4, -0.2) is 41.2 Å². The third kappa shape index (κ3) is 5.05. The first kappa shape index (κ1) is 17.4. The van der Waals surface area contributed by atoms with E-state index in [0.29, 0.717) is 5.11 Å². The zero-order valence-corrected chi connectivity index (χ0v) is 15.2. The van der Waals surface area contributed by atoms with E-state index in [0.717, 1.165) is 53.0 Å². The maximum atomic E-state index is 5.98. The number of rotatable bonds is 7. The molecule has 2 aromatic rings. The Kier molecular flexibility index (Phi) is 6.82. The molecule has 120 valence electrons. The number of nitrogens with one attached hydrogen (secondary N) is 2. The molecule has 2 rings (SSSR count). The lowest BCUT2D eigenvalue weighted by Crippen LogP contribution is -2.32. The summed E-state index contributed by atoms with van der Waals surface area (Å²) in [6, 6.07) is 5.68. The molecule has 4 nitrogen and oxygen atoms in total. The third-order valence-corrected chi connectivity index (χ3v) is 4.82. The molecule has 0 spiro atoms. The van der Waals surface area contributed by atoms with Crippen molar-refractivity contribution in [1.82, 2.24) is 15.2 Å². The van der Waals surface area contributed by atoms with E-state index in [4.69, 9.17) is 23.8 Å². The molecule has 0 atom stereocenters. The molecule has 0 aliphatic heterocycles. The monoisotopic (exact) mass is 356 g/mol. The topological polar surface area (TPSA) is 40.2 Å². The average Bonchev–Trinajstić information content (AvgIpc) is 2.88. The van der Waals surface area contributed by atoms with Gasteiger partial charge < -0.3 is 15.5 Å². The Morgan fingerprint density at radius 3 is 2.86 bits per heavy atom. The van der Waals surface area contributed by atoms with Gasteiger partial charge in [-0.3, -0.25) is 0 Å². The summed E-state index contributed by atoms with van der Waals surface area (Å²) in [7, 11) is 0. The smallest absolute Gasteiger partial charge is 0.190 e. The van der Waals surface area contributed by atoms with Gasteiger partial charge in [0.2, 0.25) is 0 Å². The second-order valence-electron chi connectivity index (χ2n) is 4.89. The minimum atomic E-state index is 0.615. The molecule has 1 heterocycles. The van der Waals surface area contributed by atoms with E-state index in [2.05, 4.69) is 34.4 Å². The van der Waals surface area contributed by atoms with Crippen LogP contribution in [0.4, 0.5) is 5.13 Å². The van der Waals surface area contributed by atoms with Crippen LogP contribution < -0.4 is 10.6 Å². The maximum Gasteiger partial charge on any atom is 0.190 e. The summed E-state index contributed by atoms with van der Waals surface area (Å²) in [4.78, 5) is 6.89. The first-order chi connectivity index (χ1) is 10.6. The van der Waals surface area contributed by atoms with Crippen LogP contribution in [0, 0.1) is 0 Å². The van der Waals surface area contributed by atoms with Crippen molar-refractivity contribution in [3.63, 3.8) is 0 Å². The van der Waals surface area contributed by atoms with Crippen molar-refractivity contribution in [3.05, 3.63) is 23.2 Å². The Balaban J connectivity index is 1.78. The van der Waals surface area contributed by atoms with Crippen LogP contribution in [0.5, 0.6) is 0 Å². The standard InChI is InChI=1S/C15H21ClN4S2/c1-3-20(4-2)9-5-8-17-14(21)19-15-18-12-7-6-11(16)10-13(12)22-15/h6-7,10H,3-5,8-9H2,1-2H3,(H2,17,18,19,21). The second kappa shape index (κ2) is 8.62. The van der Waals surface area contributed by atoms with Crippen molar-refractivity contribution in [2.75, 3.05) is 31.5 Å². The molecule has 0 aliphatic carbocycles. The van der Waals surface area contributed by atoms with Crippen LogP contribution in [0.25, 0.3) is 10.2 Å². The number of benzene rings is 1. The summed E-state index contributed by atoms with van der Waals surface area (Å²) >= 11 is 12.8. The van der Waals surface area contributed by atoms with E-state index in [-0.39, 0.29) is 0 Å². The minimum absolute atomic E-state index is 0.615. The molecule has 1 aromatic heterocycles. The molecule has 0 unspecified atom stereocenters. The van der Waals surface area contributed by atoms with Crippen molar-refractivity contribution in [2.45, 2.75) is 20.3 Å². The summed E-state index contributed by atoms with van der Waals surface area (Å²) in [6.07, 6.45) is 1.07. The van der Waals surface area contributed by atoms with Gasteiger partial charge in [-0.25, -0.2) is 4.98 Å². The van der Waals surface area contributed by atoms with Crippen LogP contribution in [-0.2, 0) is 0 Å². The van der Waals surface area contributed by atoms with Crippen molar-refractivity contribution in [2.24, 2.45) is 0 Å². The highest BCUT2D eigenvalue weighted by atomic mass is 35.5. The van der Waals surface area contributed by atoms with Gasteiger partial charge in [0.1, 0.15) is 0 Å². The highest BCUT2D eigenvalue weighted by Crippen LogP contribution is 2.28. The Labute approximate surface area is 145 Å². The van der Waals surface area contributed by atoms with Gasteiger partial charge in [-0.15, -0.1) is 0 Å². The number of hydrogen-bond acceptors (Lipinski definition) is 4. The molecule has 2 N–H and O–H groups in total. The summed E-state index contributed by atoms with van der Waals surface area (Å²) in [5.41, 5.74) is 0.932. The summed E-state index contributed by atoms with van der Waals surface area (Å²) < 4.78 is 1.05. The van der Waals surface area contributed by atoms with E-state index >= 15 is 0 Å². The Morgan fingerprint density at radius 2 is 2.14 bits per heavy atom. The van der Waals surface area contributed by atoms with Crippen molar-refractivity contribution >= 4 is 55.6 Å². The zero-order valence-electron chi connectivity index (χ0n) is 12.9. The van der Waals surface area contributed by atoms with Crippen LogP contribution in [0.2, 0.25) is 5.02 Å². The minimum Gasteiger partial charge on any atom is -0.362 e. The average molecular weight is 357 g/mol. The number of fused-ring (bicyclic) bond motifs is 1. The first-order valence-electron chi connectivity index (χ1n) is 7.45. The molecule has 0 saturated heterocycles. The van der Waals surface area contributed by atoms with Gasteiger partial charge >= 0.3 is 0 Å². The summed E-state index contributed by atoms with van der Waals surface area (Å²) in [5, 5.41) is 8.49. The van der Waals surface area contributed by atoms with Gasteiger partial charge in [-0.1, -0.05) is 36.8 Å². The number of aromatic nitrogens is 1. The predicted octanol–water partition coefficient (Wildman–Crippen LogP) is 3.97. The fourth-order valence-corrected chi connectivity index (χ4v) is 3.55. The fourth-order valence-electron chi connectivity index (χ4n) is 2.14. The van der Waals surface area contributed by atoms with Crippen LogP contribution in [0.3, 0.4) is 0 Å². The molecule has 0 radical (unpaired) electrons. The number of hydrogen-bond donors (Lipinski definition) is 2. The number of nitrogens with zero attached hydrogens (tertiary/aromatic N) is 2. The Morgan fingerprint density at radius 1 is 1.36 bits per heavy atom. The van der Waals surface area contributed by atoms with Crippen molar-refractivity contribution < 1.29 is 0 Å². The highest BCUT2D eigenvalue weighted by Gasteiger charge is 2.06. The molecular formula is C15H21ClN4S2. The maximum absolute atomic E-state index is 5.98. The quantitative estimate of drug-likeness (QED) is 0.580. The predicted molar refractivity (Wildman–Crippen MR) is 101 cm³/mol. The van der Waals surface area contributed by atoms with E-state index in [9.17, 15) is 0 Å². The molecule has 0 saturated carbocycles. The molecule has 0 bridgehead atoms. The highest BCUT2D eigenvalue weighted by molar-refractivity contribution is 7.80. The van der Waals surface area contributed by atoms with Crippen LogP contribution in [0.1, 0.15) is 20.3 Å². The normalized spacial score (nSPS) is 11.1. The lowest BCUT2D eigenvalue weighted by molar-refractivity contribution is 0.300. The van der Waals surface area contributed by atoms with Crippen LogP contribution >= 0.6 is 35.2 Å². The SMILES string of the molecule is CCN(CC)CCCNC(=S)Nc1nc2ccc(Cl)cc2s1. The largest absolute Gasteiger partial charge is 0.362 e. The zero-order chi connectivity index (χ0) is 15.9. The van der Waals surface area contributed by atoms with E-state index in [1.807, 2.05) is 18.2 Å². The van der Waals surface area contributed by atoms with E-state index in [1.54, 1.807) is 11.3 Å². The second-order valence-corrected chi connectivity index (χ2v) is 6.77. The molecule has 0 fully saturated rings. The number of halogens is 1. The number of thiocarbonyl (C=S) groups is 1. The Hall–Kier alpha value is -0.950. The van der Waals surface area contributed by atoms with Crippen LogP contribution in [0.15, 0.2) is 18.2 Å². The molecular weight excluding hydrogens is 336 g/mol. The van der Waals surface area contributed by atoms with Crippen molar-refractivity contribution in [1.29, 1.82) is 0 Å². The lowest BCUT2D eigenvalue weighted by Gasteiger charge is -2.18. The van der Waals surface area contributed by atoms with Gasteiger partial charge in [0, 0.05) is 11.6 Å². The summed E-state index contributed by atoms with van der Waals surface area (Å²) in [5.74, 6) is 0. The van der Waals surface area contributed by atoms with Gasteiger partial charge in [-0.05, 0) is 56.5 Å². The summed E-state index contributed by atoms with van der Waals surface area (Å²) in [6.45, 7) is 8.49. The number of anilines is 1. The van der Waals surface area contributed by atoms with E-state index < -0.39 is 0 Å². The molecule has 7 heteroatoms. The van der Waals surface area contributed by atoms with Gasteiger partial charge in [0.05, 0.1) is 10.2 Å². The lowest BCUT2D eigenvalue weighted by atomic mass is 10.3. The Bertz CT molecular complexity index is 625. The number of thiazole rings is 1. The van der Waals surface area contributed by atoms with Crippen molar-refractivity contribution in [3.8, 4) is 0 Å². The van der Waals surface area contributed by atoms with E-state index in [1.165, 1.54) is 0 Å². The third-order valence-electron chi connectivity index (χ3n) is 3.40. The van der Waals surface area contributed by atoms with Gasteiger partial charge in [-0.2, -0.15) is 0 Å². The van der Waals surface area contributed by atoms with Gasteiger partial charge in [0.25, 0.3) is 0 Å². The molecule has 0 aliphatic rings. The van der Waals surface area contributed by atoms with Gasteiger partial charge in [0.15, 0.2) is 10.2 Å². The molecule has 0 amide bonds.